The molecule has 1 amide bonds. The topological polar surface area (TPSA) is 57.7 Å². The summed E-state index contributed by atoms with van der Waals surface area (Å²) in [6, 6.07) is 5.72. The third kappa shape index (κ3) is 4.06. The predicted molar refractivity (Wildman–Crippen MR) is 102 cm³/mol. The predicted octanol–water partition coefficient (Wildman–Crippen LogP) is 3.79. The monoisotopic (exact) mass is 444 g/mol. The Bertz CT molecular complexity index is 1020. The summed E-state index contributed by atoms with van der Waals surface area (Å²) in [4.78, 5) is 14.8. The summed E-state index contributed by atoms with van der Waals surface area (Å²) < 4.78 is 65.4. The second-order valence-corrected chi connectivity index (χ2v) is 10.1. The molecule has 0 unspecified atom stereocenters. The molecule has 0 spiro atoms. The van der Waals surface area contributed by atoms with Gasteiger partial charge < -0.3 is 4.90 Å². The van der Waals surface area contributed by atoms with Gasteiger partial charge in [0.25, 0.3) is 5.91 Å². The molecule has 10 heteroatoms. The maximum Gasteiger partial charge on any atom is 0.416 e. The van der Waals surface area contributed by atoms with Gasteiger partial charge in [-0.1, -0.05) is 6.07 Å². The Labute approximate surface area is 170 Å². The van der Waals surface area contributed by atoms with Gasteiger partial charge in [0.2, 0.25) is 10.0 Å². The van der Waals surface area contributed by atoms with Gasteiger partial charge in [-0.15, -0.1) is 11.3 Å². The van der Waals surface area contributed by atoms with Crippen LogP contribution in [-0.4, -0.2) is 49.7 Å². The maximum absolute atomic E-state index is 12.9. The molecule has 156 valence electrons. The molecule has 2 heterocycles. The van der Waals surface area contributed by atoms with E-state index in [0.717, 1.165) is 40.9 Å². The van der Waals surface area contributed by atoms with Crippen LogP contribution in [0.3, 0.4) is 0 Å². The van der Waals surface area contributed by atoms with E-state index in [1.54, 1.807) is 4.90 Å². The van der Waals surface area contributed by atoms with Crippen molar-refractivity contribution in [1.29, 1.82) is 0 Å². The van der Waals surface area contributed by atoms with Crippen LogP contribution in [-0.2, 0) is 16.2 Å². The molecule has 2 fully saturated rings. The van der Waals surface area contributed by atoms with E-state index in [-0.39, 0.29) is 37.0 Å². The number of halogens is 3. The summed E-state index contributed by atoms with van der Waals surface area (Å²) in [7, 11) is -4.06. The smallest absolute Gasteiger partial charge is 0.335 e. The van der Waals surface area contributed by atoms with Gasteiger partial charge in [0, 0.05) is 26.2 Å². The number of alkyl halides is 3. The van der Waals surface area contributed by atoms with E-state index in [1.165, 1.54) is 11.3 Å². The van der Waals surface area contributed by atoms with Crippen molar-refractivity contribution in [2.45, 2.75) is 29.8 Å². The summed E-state index contributed by atoms with van der Waals surface area (Å²) in [5, 5.41) is 1.90. The van der Waals surface area contributed by atoms with Gasteiger partial charge in [-0.25, -0.2) is 8.42 Å². The lowest BCUT2D eigenvalue weighted by molar-refractivity contribution is -0.137. The molecule has 29 heavy (non-hydrogen) atoms. The molecule has 0 radical (unpaired) electrons. The maximum atomic E-state index is 12.9. The van der Waals surface area contributed by atoms with Crippen molar-refractivity contribution >= 4 is 27.3 Å². The molecular weight excluding hydrogens is 425 g/mol. The first kappa shape index (κ1) is 20.4. The highest BCUT2D eigenvalue weighted by molar-refractivity contribution is 7.89. The molecule has 1 saturated carbocycles. The Morgan fingerprint density at radius 1 is 1.07 bits per heavy atom. The van der Waals surface area contributed by atoms with Crippen LogP contribution in [0.4, 0.5) is 13.2 Å². The van der Waals surface area contributed by atoms with Crippen molar-refractivity contribution < 1.29 is 26.4 Å². The molecule has 1 aliphatic carbocycles. The standard InChI is InChI=1S/C19H19F3N2O3S2/c20-19(21,22)14-2-1-3-15(12-14)29(26,27)24-9-7-23(8-10-24)18(25)17-16(6-11-28-17)13-4-5-13/h1-3,6,11-13H,4-5,7-10H2. The lowest BCUT2D eigenvalue weighted by Crippen LogP contribution is -2.50. The molecule has 1 aromatic carbocycles. The number of nitrogens with zero attached hydrogens (tertiary/aromatic N) is 2. The van der Waals surface area contributed by atoms with Gasteiger partial charge in [-0.2, -0.15) is 17.5 Å². The van der Waals surface area contributed by atoms with Gasteiger partial charge in [0.05, 0.1) is 15.3 Å². The minimum Gasteiger partial charge on any atom is -0.335 e. The Kier molecular flexibility index (Phi) is 5.20. The fraction of sp³-hybridized carbons (Fsp3) is 0.421. The number of rotatable bonds is 4. The number of piperazine rings is 1. The Morgan fingerprint density at radius 2 is 1.76 bits per heavy atom. The normalized spacial score (nSPS) is 18.8. The van der Waals surface area contributed by atoms with Crippen molar-refractivity contribution in [3.8, 4) is 0 Å². The molecule has 0 N–H and O–H groups in total. The van der Waals surface area contributed by atoms with E-state index < -0.39 is 21.8 Å². The zero-order chi connectivity index (χ0) is 20.8. The highest BCUT2D eigenvalue weighted by Gasteiger charge is 2.36. The average Bonchev–Trinajstić information content (AvgIpc) is 3.43. The Morgan fingerprint density at radius 3 is 2.38 bits per heavy atom. The number of benzene rings is 1. The molecule has 4 rings (SSSR count). The fourth-order valence-corrected chi connectivity index (χ4v) is 5.89. The largest absolute Gasteiger partial charge is 0.416 e. The average molecular weight is 445 g/mol. The number of sulfonamides is 1. The van der Waals surface area contributed by atoms with E-state index in [0.29, 0.717) is 16.9 Å². The molecular formula is C19H19F3N2O3S2. The third-order valence-electron chi connectivity index (χ3n) is 5.23. The van der Waals surface area contributed by atoms with Crippen LogP contribution in [0.15, 0.2) is 40.6 Å². The van der Waals surface area contributed by atoms with Gasteiger partial charge in [-0.05, 0) is 54.0 Å². The lowest BCUT2D eigenvalue weighted by atomic mass is 10.1. The number of carbonyl (C=O) groups is 1. The van der Waals surface area contributed by atoms with E-state index in [2.05, 4.69) is 0 Å². The zero-order valence-electron chi connectivity index (χ0n) is 15.4. The molecule has 1 saturated heterocycles. The van der Waals surface area contributed by atoms with Crippen LogP contribution in [0.1, 0.15) is 39.6 Å². The minimum atomic E-state index is -4.61. The zero-order valence-corrected chi connectivity index (χ0v) is 17.0. The highest BCUT2D eigenvalue weighted by Crippen LogP contribution is 2.43. The molecule has 5 nitrogen and oxygen atoms in total. The van der Waals surface area contributed by atoms with Crippen molar-refractivity contribution in [3.63, 3.8) is 0 Å². The number of hydrogen-bond acceptors (Lipinski definition) is 4. The van der Waals surface area contributed by atoms with Crippen molar-refractivity contribution in [3.05, 3.63) is 51.7 Å². The van der Waals surface area contributed by atoms with Crippen molar-refractivity contribution in [1.82, 2.24) is 9.21 Å². The van der Waals surface area contributed by atoms with Gasteiger partial charge in [0.15, 0.2) is 0 Å². The molecule has 2 aliphatic rings. The van der Waals surface area contributed by atoms with E-state index in [1.807, 2.05) is 11.4 Å². The van der Waals surface area contributed by atoms with Crippen LogP contribution >= 0.6 is 11.3 Å². The molecule has 1 aromatic heterocycles. The third-order valence-corrected chi connectivity index (χ3v) is 8.04. The first-order valence-corrected chi connectivity index (χ1v) is 11.5. The minimum absolute atomic E-state index is 0.0501. The van der Waals surface area contributed by atoms with E-state index in [4.69, 9.17) is 0 Å². The van der Waals surface area contributed by atoms with Gasteiger partial charge >= 0.3 is 6.18 Å². The summed E-state index contributed by atoms with van der Waals surface area (Å²) in [6.45, 7) is 0.515. The number of carbonyl (C=O) groups excluding carboxylic acids is 1. The van der Waals surface area contributed by atoms with Crippen LogP contribution < -0.4 is 0 Å². The molecule has 0 bridgehead atoms. The molecule has 1 aliphatic heterocycles. The second-order valence-electron chi connectivity index (χ2n) is 7.20. The van der Waals surface area contributed by atoms with Crippen LogP contribution in [0, 0.1) is 0 Å². The summed E-state index contributed by atoms with van der Waals surface area (Å²) in [6.07, 6.45) is -2.45. The number of amides is 1. The summed E-state index contributed by atoms with van der Waals surface area (Å²) >= 11 is 1.40. The summed E-state index contributed by atoms with van der Waals surface area (Å²) in [5.41, 5.74) is 0.0664. The number of thiophene rings is 1. The second kappa shape index (κ2) is 7.41. The molecule has 0 atom stereocenters. The quantitative estimate of drug-likeness (QED) is 0.721. The lowest BCUT2D eigenvalue weighted by Gasteiger charge is -2.34. The van der Waals surface area contributed by atoms with E-state index >= 15 is 0 Å². The van der Waals surface area contributed by atoms with Crippen molar-refractivity contribution in [2.75, 3.05) is 26.2 Å². The van der Waals surface area contributed by atoms with E-state index in [9.17, 15) is 26.4 Å². The van der Waals surface area contributed by atoms with Crippen LogP contribution in [0.25, 0.3) is 0 Å². The van der Waals surface area contributed by atoms with Gasteiger partial charge in [0.1, 0.15) is 0 Å². The molecule has 2 aromatic rings. The first-order chi connectivity index (χ1) is 13.7. The SMILES string of the molecule is O=C(c1sccc1C1CC1)N1CCN(S(=O)(=O)c2cccc(C(F)(F)F)c2)CC1. The first-order valence-electron chi connectivity index (χ1n) is 9.22. The number of hydrogen-bond donors (Lipinski definition) is 0. The fourth-order valence-electron chi connectivity index (χ4n) is 3.47. The van der Waals surface area contributed by atoms with Gasteiger partial charge in [-0.3, -0.25) is 4.79 Å². The highest BCUT2D eigenvalue weighted by atomic mass is 32.2. The Hall–Kier alpha value is -1.91. The Balaban J connectivity index is 1.46. The van der Waals surface area contributed by atoms with Crippen LogP contribution in [0.5, 0.6) is 0 Å². The van der Waals surface area contributed by atoms with Crippen molar-refractivity contribution in [2.24, 2.45) is 0 Å². The van der Waals surface area contributed by atoms with Crippen LogP contribution in [0.2, 0.25) is 0 Å². The summed E-state index contributed by atoms with van der Waals surface area (Å²) in [5.74, 6) is 0.348.